The second-order valence-corrected chi connectivity index (χ2v) is 4.46. The fourth-order valence-corrected chi connectivity index (χ4v) is 1.89. The molecule has 0 heterocycles. The SMILES string of the molecule is COc1ccccc1/C(C)=C(/C(C)=O)C(=O)N(C)C. The van der Waals surface area contributed by atoms with Crippen LogP contribution in [0.3, 0.4) is 0 Å². The molecular formula is C15H19NO3. The fourth-order valence-electron chi connectivity index (χ4n) is 1.89. The molecule has 0 unspecified atom stereocenters. The van der Waals surface area contributed by atoms with E-state index in [1.807, 2.05) is 18.2 Å². The van der Waals surface area contributed by atoms with E-state index in [2.05, 4.69) is 0 Å². The van der Waals surface area contributed by atoms with Gasteiger partial charge >= 0.3 is 0 Å². The third kappa shape index (κ3) is 3.22. The van der Waals surface area contributed by atoms with Crippen molar-refractivity contribution in [2.75, 3.05) is 21.2 Å². The minimum Gasteiger partial charge on any atom is -0.496 e. The maximum Gasteiger partial charge on any atom is 0.257 e. The van der Waals surface area contributed by atoms with E-state index in [9.17, 15) is 9.59 Å². The molecule has 0 fully saturated rings. The molecule has 4 heteroatoms. The van der Waals surface area contributed by atoms with E-state index in [1.54, 1.807) is 34.2 Å². The fraction of sp³-hybridized carbons (Fsp3) is 0.333. The quantitative estimate of drug-likeness (QED) is 0.474. The Labute approximate surface area is 113 Å². The number of allylic oxidation sites excluding steroid dienone is 1. The monoisotopic (exact) mass is 261 g/mol. The van der Waals surface area contributed by atoms with E-state index in [0.29, 0.717) is 11.3 Å². The van der Waals surface area contributed by atoms with E-state index in [-0.39, 0.29) is 17.3 Å². The van der Waals surface area contributed by atoms with Crippen molar-refractivity contribution in [3.05, 3.63) is 35.4 Å². The van der Waals surface area contributed by atoms with E-state index in [0.717, 1.165) is 5.56 Å². The molecule has 0 aliphatic carbocycles. The molecule has 0 N–H and O–H groups in total. The van der Waals surface area contributed by atoms with Gasteiger partial charge < -0.3 is 9.64 Å². The van der Waals surface area contributed by atoms with Crippen molar-refractivity contribution < 1.29 is 14.3 Å². The van der Waals surface area contributed by atoms with Gasteiger partial charge in [-0.25, -0.2) is 0 Å². The summed E-state index contributed by atoms with van der Waals surface area (Å²) in [6.45, 7) is 3.16. The number of likely N-dealkylation sites (N-methyl/N-ethyl adjacent to an activating group) is 1. The highest BCUT2D eigenvalue weighted by atomic mass is 16.5. The van der Waals surface area contributed by atoms with Gasteiger partial charge in [-0.15, -0.1) is 0 Å². The predicted octanol–water partition coefficient (Wildman–Crippen LogP) is 2.15. The number of rotatable bonds is 4. The first-order valence-electron chi connectivity index (χ1n) is 5.97. The Morgan fingerprint density at radius 3 is 2.16 bits per heavy atom. The summed E-state index contributed by atoms with van der Waals surface area (Å²) in [5.41, 5.74) is 1.57. The molecular weight excluding hydrogens is 242 g/mol. The molecule has 0 atom stereocenters. The van der Waals surface area contributed by atoms with E-state index in [1.165, 1.54) is 11.8 Å². The second kappa shape index (κ2) is 6.18. The Balaban J connectivity index is 3.46. The van der Waals surface area contributed by atoms with Crippen LogP contribution in [0.5, 0.6) is 5.75 Å². The number of methoxy groups -OCH3 is 1. The summed E-state index contributed by atoms with van der Waals surface area (Å²) in [6, 6.07) is 7.33. The highest BCUT2D eigenvalue weighted by molar-refractivity contribution is 6.23. The largest absolute Gasteiger partial charge is 0.496 e. The van der Waals surface area contributed by atoms with Gasteiger partial charge in [0.1, 0.15) is 5.75 Å². The molecule has 1 rings (SSSR count). The predicted molar refractivity (Wildman–Crippen MR) is 75.0 cm³/mol. The third-order valence-corrected chi connectivity index (χ3v) is 2.86. The summed E-state index contributed by atoms with van der Waals surface area (Å²) < 4.78 is 5.27. The summed E-state index contributed by atoms with van der Waals surface area (Å²) in [7, 11) is 4.81. The van der Waals surface area contributed by atoms with Crippen LogP contribution in [0.1, 0.15) is 19.4 Å². The Morgan fingerprint density at radius 1 is 1.11 bits per heavy atom. The van der Waals surface area contributed by atoms with Crippen molar-refractivity contribution in [3.8, 4) is 5.75 Å². The Kier molecular flexibility index (Phi) is 4.87. The average Bonchev–Trinajstić information content (AvgIpc) is 2.38. The van der Waals surface area contributed by atoms with Crippen molar-refractivity contribution >= 4 is 17.3 Å². The highest BCUT2D eigenvalue weighted by Gasteiger charge is 2.21. The van der Waals surface area contributed by atoms with Crippen LogP contribution < -0.4 is 4.74 Å². The van der Waals surface area contributed by atoms with Gasteiger partial charge in [0, 0.05) is 19.7 Å². The molecule has 0 saturated carbocycles. The van der Waals surface area contributed by atoms with E-state index in [4.69, 9.17) is 4.74 Å². The van der Waals surface area contributed by atoms with Crippen molar-refractivity contribution in [3.63, 3.8) is 0 Å². The van der Waals surface area contributed by atoms with Crippen LogP contribution in [-0.2, 0) is 9.59 Å². The number of amides is 1. The number of hydrogen-bond donors (Lipinski definition) is 0. The Bertz CT molecular complexity index is 530. The highest BCUT2D eigenvalue weighted by Crippen LogP contribution is 2.28. The van der Waals surface area contributed by atoms with Gasteiger partial charge in [-0.2, -0.15) is 0 Å². The first-order chi connectivity index (χ1) is 8.90. The van der Waals surface area contributed by atoms with Crippen molar-refractivity contribution in [1.29, 1.82) is 0 Å². The molecule has 1 aromatic rings. The first-order valence-corrected chi connectivity index (χ1v) is 5.97. The molecule has 1 aromatic carbocycles. The number of nitrogens with zero attached hydrogens (tertiary/aromatic N) is 1. The normalized spacial score (nSPS) is 11.6. The zero-order chi connectivity index (χ0) is 14.6. The molecule has 0 bridgehead atoms. The molecule has 102 valence electrons. The molecule has 19 heavy (non-hydrogen) atoms. The number of benzene rings is 1. The third-order valence-electron chi connectivity index (χ3n) is 2.86. The molecule has 0 spiro atoms. The van der Waals surface area contributed by atoms with Crippen molar-refractivity contribution in [1.82, 2.24) is 4.90 Å². The number of Topliss-reactive ketones (excluding diaryl/α,β-unsaturated/α-hetero) is 1. The van der Waals surface area contributed by atoms with Crippen LogP contribution in [0.25, 0.3) is 5.57 Å². The zero-order valence-corrected chi connectivity index (χ0v) is 12.0. The topological polar surface area (TPSA) is 46.6 Å². The van der Waals surface area contributed by atoms with E-state index >= 15 is 0 Å². The summed E-state index contributed by atoms with van der Waals surface area (Å²) in [6.07, 6.45) is 0. The van der Waals surface area contributed by atoms with Crippen LogP contribution in [0.2, 0.25) is 0 Å². The zero-order valence-electron chi connectivity index (χ0n) is 12.0. The summed E-state index contributed by atoms with van der Waals surface area (Å²) in [5, 5.41) is 0. The number of ether oxygens (including phenoxy) is 1. The number of para-hydroxylation sites is 1. The lowest BCUT2D eigenvalue weighted by Gasteiger charge is -2.16. The molecule has 1 amide bonds. The van der Waals surface area contributed by atoms with Crippen LogP contribution >= 0.6 is 0 Å². The molecule has 0 saturated heterocycles. The van der Waals surface area contributed by atoms with E-state index < -0.39 is 0 Å². The molecule has 0 aliphatic rings. The molecule has 0 aliphatic heterocycles. The standard InChI is InChI=1S/C15H19NO3/c1-10(12-8-6-7-9-13(12)19-5)14(11(2)17)15(18)16(3)4/h6-9H,1-5H3/b14-10-. The van der Waals surface area contributed by atoms with Gasteiger partial charge in [-0.1, -0.05) is 18.2 Å². The summed E-state index contributed by atoms with van der Waals surface area (Å²) in [5.74, 6) is 0.100. The van der Waals surface area contributed by atoms with Gasteiger partial charge in [0.15, 0.2) is 5.78 Å². The Hall–Kier alpha value is -2.10. The van der Waals surface area contributed by atoms with Crippen LogP contribution in [0.15, 0.2) is 29.8 Å². The number of carbonyl (C=O) groups excluding carboxylic acids is 2. The maximum absolute atomic E-state index is 12.1. The number of ketones is 1. The van der Waals surface area contributed by atoms with Crippen molar-refractivity contribution in [2.45, 2.75) is 13.8 Å². The smallest absolute Gasteiger partial charge is 0.257 e. The lowest BCUT2D eigenvalue weighted by Crippen LogP contribution is -2.27. The minimum atomic E-state index is -0.295. The Morgan fingerprint density at radius 2 is 1.68 bits per heavy atom. The van der Waals surface area contributed by atoms with Crippen LogP contribution in [0.4, 0.5) is 0 Å². The lowest BCUT2D eigenvalue weighted by atomic mass is 9.97. The van der Waals surface area contributed by atoms with Crippen LogP contribution in [0, 0.1) is 0 Å². The summed E-state index contributed by atoms with van der Waals surface area (Å²) in [4.78, 5) is 25.3. The molecule has 0 aromatic heterocycles. The first kappa shape index (κ1) is 15.0. The van der Waals surface area contributed by atoms with Gasteiger partial charge in [0.25, 0.3) is 5.91 Å². The number of hydrogen-bond acceptors (Lipinski definition) is 3. The number of carbonyl (C=O) groups is 2. The average molecular weight is 261 g/mol. The lowest BCUT2D eigenvalue weighted by molar-refractivity contribution is -0.127. The molecule has 4 nitrogen and oxygen atoms in total. The minimum absolute atomic E-state index is 0.189. The maximum atomic E-state index is 12.1. The molecule has 0 radical (unpaired) electrons. The van der Waals surface area contributed by atoms with Crippen molar-refractivity contribution in [2.24, 2.45) is 0 Å². The second-order valence-electron chi connectivity index (χ2n) is 4.46. The van der Waals surface area contributed by atoms with Gasteiger partial charge in [0.2, 0.25) is 0 Å². The van der Waals surface area contributed by atoms with Gasteiger partial charge in [-0.3, -0.25) is 9.59 Å². The van der Waals surface area contributed by atoms with Crippen LogP contribution in [-0.4, -0.2) is 37.8 Å². The summed E-state index contributed by atoms with van der Waals surface area (Å²) >= 11 is 0. The van der Waals surface area contributed by atoms with Gasteiger partial charge in [-0.05, 0) is 25.5 Å². The van der Waals surface area contributed by atoms with Gasteiger partial charge in [0.05, 0.1) is 12.7 Å².